The monoisotopic (exact) mass is 316 g/mol. The number of carbonyl (C=O) groups excluding carboxylic acids is 1. The third kappa shape index (κ3) is 4.64. The third-order valence-electron chi connectivity index (χ3n) is 1.86. The molecule has 0 spiro atoms. The summed E-state index contributed by atoms with van der Waals surface area (Å²) in [5.74, 6) is -23.0. The van der Waals surface area contributed by atoms with Crippen molar-refractivity contribution < 1.29 is 44.7 Å². The van der Waals surface area contributed by atoms with Gasteiger partial charge < -0.3 is 4.74 Å². The van der Waals surface area contributed by atoms with E-state index in [1.807, 2.05) is 0 Å². The second kappa shape index (κ2) is 6.40. The van der Waals surface area contributed by atoms with E-state index in [1.165, 1.54) is 7.11 Å². The topological polar surface area (TPSA) is 26.3 Å². The largest absolute Gasteiger partial charge is 0.466 e. The highest BCUT2D eigenvalue weighted by Gasteiger charge is 2.77. The smallest absolute Gasteiger partial charge is 0.377 e. The molecule has 0 unspecified atom stereocenters. The van der Waals surface area contributed by atoms with Gasteiger partial charge in [-0.15, -0.1) is 0 Å². The van der Waals surface area contributed by atoms with Crippen LogP contribution >= 0.6 is 0 Å². The number of methoxy groups -OCH3 is 1. The van der Waals surface area contributed by atoms with Gasteiger partial charge in [0.15, 0.2) is 0 Å². The standard InChI is InChI=1S/C6H6F8.C4H6O2/c1-3(7,8)5(11,12)6(13,14)4(2,9)10;1-3-4(5)6-2/h1-2H3;3H,1H2,2H3. The fourth-order valence-electron chi connectivity index (χ4n) is 0.635. The molecule has 2 nitrogen and oxygen atoms in total. The first-order chi connectivity index (χ1) is 8.56. The molecular weight excluding hydrogens is 304 g/mol. The summed E-state index contributed by atoms with van der Waals surface area (Å²) in [6, 6.07) is 0. The van der Waals surface area contributed by atoms with E-state index in [2.05, 4.69) is 11.3 Å². The molecule has 0 amide bonds. The van der Waals surface area contributed by atoms with Crippen molar-refractivity contribution in [2.45, 2.75) is 37.5 Å². The summed E-state index contributed by atoms with van der Waals surface area (Å²) >= 11 is 0. The van der Waals surface area contributed by atoms with Gasteiger partial charge in [0.2, 0.25) is 0 Å². The van der Waals surface area contributed by atoms with Crippen molar-refractivity contribution in [3.63, 3.8) is 0 Å². The molecule has 0 bridgehead atoms. The second-order valence-electron chi connectivity index (χ2n) is 3.65. The van der Waals surface area contributed by atoms with Crippen molar-refractivity contribution in [1.29, 1.82) is 0 Å². The third-order valence-corrected chi connectivity index (χ3v) is 1.86. The highest BCUT2D eigenvalue weighted by molar-refractivity contribution is 5.80. The van der Waals surface area contributed by atoms with E-state index < -0.39 is 43.5 Å². The van der Waals surface area contributed by atoms with E-state index in [-0.39, 0.29) is 0 Å². The molecule has 0 aliphatic carbocycles. The molecule has 0 aromatic carbocycles. The van der Waals surface area contributed by atoms with Crippen LogP contribution in [0.2, 0.25) is 0 Å². The number of esters is 1. The minimum Gasteiger partial charge on any atom is -0.466 e. The quantitative estimate of drug-likeness (QED) is 0.446. The zero-order chi connectivity index (χ0) is 17.0. The number of rotatable bonds is 4. The minimum absolute atomic E-state index is 0.394. The summed E-state index contributed by atoms with van der Waals surface area (Å²) in [5, 5.41) is 0. The van der Waals surface area contributed by atoms with Crippen LogP contribution in [0, 0.1) is 0 Å². The van der Waals surface area contributed by atoms with Crippen LogP contribution < -0.4 is 0 Å². The Labute approximate surface area is 109 Å². The average molecular weight is 316 g/mol. The molecule has 0 aromatic rings. The highest BCUT2D eigenvalue weighted by atomic mass is 19.4. The van der Waals surface area contributed by atoms with E-state index in [9.17, 15) is 39.9 Å². The Hall–Kier alpha value is -1.35. The summed E-state index contributed by atoms with van der Waals surface area (Å²) in [6.45, 7) is 2.06. The molecule has 0 aliphatic rings. The molecule has 0 aromatic heterocycles. The lowest BCUT2D eigenvalue weighted by Gasteiger charge is -2.33. The van der Waals surface area contributed by atoms with Crippen LogP contribution in [0.4, 0.5) is 35.1 Å². The zero-order valence-corrected chi connectivity index (χ0v) is 10.6. The summed E-state index contributed by atoms with van der Waals surface area (Å²) in [7, 11) is 1.31. The van der Waals surface area contributed by atoms with Crippen molar-refractivity contribution in [2.24, 2.45) is 0 Å². The van der Waals surface area contributed by atoms with Crippen molar-refractivity contribution >= 4 is 5.97 Å². The van der Waals surface area contributed by atoms with E-state index in [1.54, 1.807) is 0 Å². The molecule has 0 heterocycles. The minimum atomic E-state index is -6.10. The van der Waals surface area contributed by atoms with Crippen molar-refractivity contribution in [3.8, 4) is 0 Å². The Morgan fingerprint density at radius 3 is 1.20 bits per heavy atom. The molecule has 0 N–H and O–H groups in total. The lowest BCUT2D eigenvalue weighted by atomic mass is 10.0. The molecule has 0 aliphatic heterocycles. The van der Waals surface area contributed by atoms with Crippen LogP contribution in [0.1, 0.15) is 13.8 Å². The first-order valence-electron chi connectivity index (χ1n) is 4.78. The molecule has 0 saturated carbocycles. The zero-order valence-electron chi connectivity index (χ0n) is 10.6. The molecule has 0 saturated heterocycles. The predicted molar refractivity (Wildman–Crippen MR) is 53.3 cm³/mol. The molecule has 10 heteroatoms. The van der Waals surface area contributed by atoms with Gasteiger partial charge in [-0.1, -0.05) is 6.58 Å². The van der Waals surface area contributed by atoms with E-state index in [0.29, 0.717) is 0 Å². The van der Waals surface area contributed by atoms with E-state index >= 15 is 0 Å². The van der Waals surface area contributed by atoms with Crippen molar-refractivity contribution in [1.82, 2.24) is 0 Å². The maximum absolute atomic E-state index is 12.2. The SMILES string of the molecule is C=CC(=O)OC.CC(F)(F)C(F)(F)C(F)(F)C(C)(F)F. The van der Waals surface area contributed by atoms with E-state index in [4.69, 9.17) is 0 Å². The molecule has 0 rings (SSSR count). The number of halogens is 8. The van der Waals surface area contributed by atoms with Gasteiger partial charge in [-0.25, -0.2) is 4.79 Å². The fraction of sp³-hybridized carbons (Fsp3) is 0.700. The van der Waals surface area contributed by atoms with Gasteiger partial charge in [0.05, 0.1) is 7.11 Å². The molecule has 120 valence electrons. The summed E-state index contributed by atoms with van der Waals surface area (Å²) in [6.07, 6.45) is 1.11. The Kier molecular flexibility index (Phi) is 6.71. The fourth-order valence-corrected chi connectivity index (χ4v) is 0.635. The normalized spacial score (nSPS) is 13.2. The number of carbonyl (C=O) groups is 1. The van der Waals surface area contributed by atoms with Gasteiger partial charge in [0.1, 0.15) is 0 Å². The lowest BCUT2D eigenvalue weighted by molar-refractivity contribution is -0.357. The van der Waals surface area contributed by atoms with Crippen molar-refractivity contribution in [3.05, 3.63) is 12.7 Å². The van der Waals surface area contributed by atoms with Crippen LogP contribution in [0.5, 0.6) is 0 Å². The maximum atomic E-state index is 12.2. The molecular formula is C10H12F8O2. The molecule has 20 heavy (non-hydrogen) atoms. The lowest BCUT2D eigenvalue weighted by Crippen LogP contribution is -2.60. The van der Waals surface area contributed by atoms with Gasteiger partial charge in [0.25, 0.3) is 0 Å². The first kappa shape index (κ1) is 21.0. The maximum Gasteiger partial charge on any atom is 0.377 e. The number of ether oxygens (including phenoxy) is 1. The van der Waals surface area contributed by atoms with Crippen LogP contribution in [-0.2, 0) is 9.53 Å². The van der Waals surface area contributed by atoms with E-state index in [0.717, 1.165) is 6.08 Å². The number of alkyl halides is 8. The van der Waals surface area contributed by atoms with Gasteiger partial charge in [0, 0.05) is 19.9 Å². The Morgan fingerprint density at radius 1 is 0.900 bits per heavy atom. The highest BCUT2D eigenvalue weighted by Crippen LogP contribution is 2.51. The van der Waals surface area contributed by atoms with Crippen molar-refractivity contribution in [2.75, 3.05) is 7.11 Å². The predicted octanol–water partition coefficient (Wildman–Crippen LogP) is 3.91. The molecule has 0 radical (unpaired) electrons. The van der Waals surface area contributed by atoms with Gasteiger partial charge in [-0.2, -0.15) is 35.1 Å². The Morgan fingerprint density at radius 2 is 1.15 bits per heavy atom. The number of hydrogen-bond donors (Lipinski definition) is 0. The molecule has 0 fully saturated rings. The first-order valence-corrected chi connectivity index (χ1v) is 4.78. The Bertz CT molecular complexity index is 316. The average Bonchev–Trinajstić information content (AvgIpc) is 2.25. The van der Waals surface area contributed by atoms with Gasteiger partial charge >= 0.3 is 29.7 Å². The summed E-state index contributed by atoms with van der Waals surface area (Å²) < 4.78 is 101. The van der Waals surface area contributed by atoms with Crippen LogP contribution in [0.3, 0.4) is 0 Å². The summed E-state index contributed by atoms with van der Waals surface area (Å²) in [5.41, 5.74) is 0. The Balaban J connectivity index is 0. The summed E-state index contributed by atoms with van der Waals surface area (Å²) in [4.78, 5) is 9.84. The molecule has 0 atom stereocenters. The van der Waals surface area contributed by atoms with Crippen LogP contribution in [-0.4, -0.2) is 36.8 Å². The van der Waals surface area contributed by atoms with Crippen LogP contribution in [0.15, 0.2) is 12.7 Å². The van der Waals surface area contributed by atoms with Crippen LogP contribution in [0.25, 0.3) is 0 Å². The van der Waals surface area contributed by atoms with Gasteiger partial charge in [-0.05, 0) is 0 Å². The second-order valence-corrected chi connectivity index (χ2v) is 3.65. The van der Waals surface area contributed by atoms with Gasteiger partial charge in [-0.3, -0.25) is 0 Å². The number of hydrogen-bond acceptors (Lipinski definition) is 2.